The summed E-state index contributed by atoms with van der Waals surface area (Å²) in [7, 11) is -2.58. The number of rotatable bonds is 5. The number of carbonyl (C=O) groups is 1. The zero-order valence-corrected chi connectivity index (χ0v) is 13.6. The highest BCUT2D eigenvalue weighted by Crippen LogP contribution is 2.26. The maximum Gasteiger partial charge on any atom is 0.428 e. The van der Waals surface area contributed by atoms with E-state index in [1.807, 2.05) is 0 Å². The molecule has 1 amide bonds. The summed E-state index contributed by atoms with van der Waals surface area (Å²) in [4.78, 5) is 12.2. The number of ether oxygens (including phenoxy) is 2. The zero-order valence-electron chi connectivity index (χ0n) is 12.8. The fourth-order valence-corrected chi connectivity index (χ4v) is 3.30. The number of sulfonamides is 1. The molecule has 0 aliphatic heterocycles. The Labute approximate surface area is 135 Å². The Bertz CT molecular complexity index is 757. The van der Waals surface area contributed by atoms with E-state index in [2.05, 4.69) is 0 Å². The molecule has 0 aromatic heterocycles. The van der Waals surface area contributed by atoms with E-state index < -0.39 is 16.1 Å². The molecule has 7 heteroatoms. The van der Waals surface area contributed by atoms with Crippen LogP contribution in [-0.2, 0) is 14.8 Å². The third-order valence-electron chi connectivity index (χ3n) is 3.02. The van der Waals surface area contributed by atoms with E-state index in [0.717, 1.165) is 0 Å². The molecule has 0 radical (unpaired) electrons. The Kier molecular flexibility index (Phi) is 5.23. The van der Waals surface area contributed by atoms with Crippen molar-refractivity contribution in [3.63, 3.8) is 0 Å². The van der Waals surface area contributed by atoms with Gasteiger partial charge in [0.15, 0.2) is 0 Å². The van der Waals surface area contributed by atoms with Crippen molar-refractivity contribution in [1.82, 2.24) is 0 Å². The van der Waals surface area contributed by atoms with Gasteiger partial charge in [0, 0.05) is 0 Å². The van der Waals surface area contributed by atoms with Crippen LogP contribution in [0.5, 0.6) is 5.75 Å². The van der Waals surface area contributed by atoms with Gasteiger partial charge in [-0.3, -0.25) is 0 Å². The second kappa shape index (κ2) is 7.15. The number of hydrogen-bond donors (Lipinski definition) is 0. The van der Waals surface area contributed by atoms with E-state index in [-0.39, 0.29) is 17.2 Å². The molecule has 23 heavy (non-hydrogen) atoms. The highest BCUT2D eigenvalue weighted by atomic mass is 32.2. The van der Waals surface area contributed by atoms with Crippen LogP contribution >= 0.6 is 0 Å². The first-order valence-corrected chi connectivity index (χ1v) is 8.36. The van der Waals surface area contributed by atoms with Gasteiger partial charge in [0.2, 0.25) is 0 Å². The fourth-order valence-electron chi connectivity index (χ4n) is 1.94. The summed E-state index contributed by atoms with van der Waals surface area (Å²) in [5.41, 5.74) is 0.174. The van der Waals surface area contributed by atoms with Crippen LogP contribution in [0.3, 0.4) is 0 Å². The van der Waals surface area contributed by atoms with Crippen molar-refractivity contribution >= 4 is 21.8 Å². The van der Waals surface area contributed by atoms with Crippen LogP contribution in [-0.4, -0.2) is 28.2 Å². The lowest BCUT2D eigenvalue weighted by molar-refractivity contribution is 0.164. The van der Waals surface area contributed by atoms with Gasteiger partial charge in [-0.05, 0) is 43.3 Å². The molecule has 2 rings (SSSR count). The SMILES string of the molecule is CCOC(=O)N(c1ccc(OC)cc1)S(=O)(=O)c1ccccc1. The van der Waals surface area contributed by atoms with Crippen molar-refractivity contribution in [3.8, 4) is 5.75 Å². The van der Waals surface area contributed by atoms with Gasteiger partial charge >= 0.3 is 6.09 Å². The molecule has 0 saturated carbocycles. The molecule has 6 nitrogen and oxygen atoms in total. The molecule has 0 N–H and O–H groups in total. The normalized spacial score (nSPS) is 10.9. The topological polar surface area (TPSA) is 72.9 Å². The lowest BCUT2D eigenvalue weighted by atomic mass is 10.3. The first kappa shape index (κ1) is 16.8. The maximum absolute atomic E-state index is 12.8. The molecule has 0 atom stereocenters. The average molecular weight is 335 g/mol. The molecule has 2 aromatic rings. The van der Waals surface area contributed by atoms with E-state index in [1.165, 1.54) is 31.4 Å². The fraction of sp³-hybridized carbons (Fsp3) is 0.188. The monoisotopic (exact) mass is 335 g/mol. The molecule has 0 aliphatic carbocycles. The van der Waals surface area contributed by atoms with Crippen LogP contribution in [0.1, 0.15) is 6.92 Å². The van der Waals surface area contributed by atoms with E-state index in [0.29, 0.717) is 10.1 Å². The quantitative estimate of drug-likeness (QED) is 0.840. The van der Waals surface area contributed by atoms with Crippen LogP contribution in [0.2, 0.25) is 0 Å². The van der Waals surface area contributed by atoms with Crippen molar-refractivity contribution in [2.45, 2.75) is 11.8 Å². The minimum Gasteiger partial charge on any atom is -0.497 e. The van der Waals surface area contributed by atoms with Gasteiger partial charge in [0.1, 0.15) is 5.75 Å². The van der Waals surface area contributed by atoms with Gasteiger partial charge in [-0.25, -0.2) is 13.2 Å². The number of anilines is 1. The molecule has 0 unspecified atom stereocenters. The predicted molar refractivity (Wildman–Crippen MR) is 86.1 cm³/mol. The smallest absolute Gasteiger partial charge is 0.428 e. The van der Waals surface area contributed by atoms with Gasteiger partial charge in [-0.15, -0.1) is 0 Å². The minimum absolute atomic E-state index is 0.00358. The van der Waals surface area contributed by atoms with Gasteiger partial charge in [0.25, 0.3) is 10.0 Å². The minimum atomic E-state index is -4.08. The van der Waals surface area contributed by atoms with Crippen LogP contribution in [0, 0.1) is 0 Å². The van der Waals surface area contributed by atoms with Crippen LogP contribution in [0.25, 0.3) is 0 Å². The second-order valence-corrected chi connectivity index (χ2v) is 6.27. The van der Waals surface area contributed by atoms with Gasteiger partial charge in [-0.2, -0.15) is 4.31 Å². The molecule has 0 bridgehead atoms. The third-order valence-corrected chi connectivity index (χ3v) is 4.73. The van der Waals surface area contributed by atoms with Crippen molar-refractivity contribution in [2.75, 3.05) is 18.0 Å². The van der Waals surface area contributed by atoms with E-state index in [4.69, 9.17) is 9.47 Å². The lowest BCUT2D eigenvalue weighted by Crippen LogP contribution is -2.37. The number of benzene rings is 2. The average Bonchev–Trinajstić information content (AvgIpc) is 2.56. The Balaban J connectivity index is 2.51. The van der Waals surface area contributed by atoms with Crippen LogP contribution < -0.4 is 9.04 Å². The summed E-state index contributed by atoms with van der Waals surface area (Å²) in [6.45, 7) is 1.68. The van der Waals surface area contributed by atoms with Crippen LogP contribution in [0.4, 0.5) is 10.5 Å². The van der Waals surface area contributed by atoms with E-state index in [1.54, 1.807) is 37.3 Å². The first-order valence-electron chi connectivity index (χ1n) is 6.92. The highest BCUT2D eigenvalue weighted by Gasteiger charge is 2.32. The van der Waals surface area contributed by atoms with E-state index in [9.17, 15) is 13.2 Å². The summed E-state index contributed by atoms with van der Waals surface area (Å²) < 4.78 is 36.2. The zero-order chi connectivity index (χ0) is 16.9. The second-order valence-electron chi connectivity index (χ2n) is 4.48. The van der Waals surface area contributed by atoms with Crippen molar-refractivity contribution in [3.05, 3.63) is 54.6 Å². The maximum atomic E-state index is 12.8. The molecular weight excluding hydrogens is 318 g/mol. The Morgan fingerprint density at radius 3 is 2.17 bits per heavy atom. The number of amides is 1. The molecular formula is C16H17NO5S. The summed E-state index contributed by atoms with van der Waals surface area (Å²) in [5, 5.41) is 0. The first-order chi connectivity index (χ1) is 11.0. The molecule has 0 saturated heterocycles. The predicted octanol–water partition coefficient (Wildman–Crippen LogP) is 3.05. The Morgan fingerprint density at radius 2 is 1.65 bits per heavy atom. The molecule has 0 spiro atoms. The van der Waals surface area contributed by atoms with Crippen LogP contribution in [0.15, 0.2) is 59.5 Å². The summed E-state index contributed by atoms with van der Waals surface area (Å²) in [5.74, 6) is 0.551. The molecule has 122 valence electrons. The number of carbonyl (C=O) groups excluding carboxylic acids is 1. The van der Waals surface area contributed by atoms with E-state index >= 15 is 0 Å². The summed E-state index contributed by atoms with van der Waals surface area (Å²) in [6.07, 6.45) is -0.957. The Morgan fingerprint density at radius 1 is 1.04 bits per heavy atom. The third kappa shape index (κ3) is 3.62. The number of nitrogens with zero attached hydrogens (tertiary/aromatic N) is 1. The molecule has 0 fully saturated rings. The lowest BCUT2D eigenvalue weighted by Gasteiger charge is -2.21. The van der Waals surface area contributed by atoms with Gasteiger partial charge in [-0.1, -0.05) is 18.2 Å². The standard InChI is InChI=1S/C16H17NO5S/c1-3-22-16(18)17(13-9-11-14(21-2)12-10-13)23(19,20)15-7-5-4-6-8-15/h4-12H,3H2,1-2H3. The molecule has 0 aliphatic rings. The van der Waals surface area contributed by atoms with Crippen molar-refractivity contribution < 1.29 is 22.7 Å². The van der Waals surface area contributed by atoms with Gasteiger partial charge in [0.05, 0.1) is 24.3 Å². The van der Waals surface area contributed by atoms with Crippen molar-refractivity contribution in [1.29, 1.82) is 0 Å². The summed E-state index contributed by atoms with van der Waals surface area (Å²) in [6, 6.07) is 13.8. The van der Waals surface area contributed by atoms with Gasteiger partial charge < -0.3 is 9.47 Å². The number of methoxy groups -OCH3 is 1. The van der Waals surface area contributed by atoms with Crippen molar-refractivity contribution in [2.24, 2.45) is 0 Å². The largest absolute Gasteiger partial charge is 0.497 e. The highest BCUT2D eigenvalue weighted by molar-refractivity contribution is 7.93. The Hall–Kier alpha value is -2.54. The number of hydrogen-bond acceptors (Lipinski definition) is 5. The molecule has 2 aromatic carbocycles. The summed E-state index contributed by atoms with van der Waals surface area (Å²) >= 11 is 0. The molecule has 0 heterocycles.